The molecule has 0 saturated heterocycles. The van der Waals surface area contributed by atoms with E-state index >= 15 is 0 Å². The quantitative estimate of drug-likeness (QED) is 0.888. The van der Waals surface area contributed by atoms with Crippen LogP contribution in [0.4, 0.5) is 9.52 Å². The lowest BCUT2D eigenvalue weighted by Crippen LogP contribution is -2.12. The third-order valence-electron chi connectivity index (χ3n) is 2.46. The van der Waals surface area contributed by atoms with E-state index in [0.717, 1.165) is 5.56 Å². The normalized spacial score (nSPS) is 10.2. The van der Waals surface area contributed by atoms with Crippen molar-refractivity contribution < 1.29 is 19.1 Å². The number of benzene rings is 1. The Labute approximate surface area is 118 Å². The van der Waals surface area contributed by atoms with Crippen LogP contribution in [0.5, 0.6) is 0 Å². The van der Waals surface area contributed by atoms with Crippen LogP contribution in [0.15, 0.2) is 29.6 Å². The Morgan fingerprint density at radius 1 is 1.25 bits per heavy atom. The van der Waals surface area contributed by atoms with E-state index in [2.05, 4.69) is 10.3 Å². The average Bonchev–Trinajstić information content (AvgIpc) is 2.85. The fourth-order valence-corrected chi connectivity index (χ4v) is 2.22. The summed E-state index contributed by atoms with van der Waals surface area (Å²) in [5.41, 5.74) is 1.37. The van der Waals surface area contributed by atoms with E-state index in [1.165, 1.54) is 23.5 Å². The Morgan fingerprint density at radius 3 is 2.60 bits per heavy atom. The summed E-state index contributed by atoms with van der Waals surface area (Å²) in [6, 6.07) is 5.86. The summed E-state index contributed by atoms with van der Waals surface area (Å²) < 4.78 is 12.8. The lowest BCUT2D eigenvalue weighted by molar-refractivity contribution is -0.138. The van der Waals surface area contributed by atoms with Crippen LogP contribution in [0.25, 0.3) is 11.3 Å². The number of hydrogen-bond donors (Lipinski definition) is 2. The highest BCUT2D eigenvalue weighted by Gasteiger charge is 2.09. The minimum atomic E-state index is -1.02. The highest BCUT2D eigenvalue weighted by Crippen LogP contribution is 2.25. The highest BCUT2D eigenvalue weighted by molar-refractivity contribution is 7.14. The Kier molecular flexibility index (Phi) is 4.41. The second-order valence-electron chi connectivity index (χ2n) is 3.99. The van der Waals surface area contributed by atoms with Gasteiger partial charge in [0.15, 0.2) is 5.13 Å². The fourth-order valence-electron chi connectivity index (χ4n) is 1.49. The van der Waals surface area contributed by atoms with Gasteiger partial charge in [-0.1, -0.05) is 0 Å². The van der Waals surface area contributed by atoms with E-state index in [0.29, 0.717) is 10.8 Å². The molecule has 1 heterocycles. The van der Waals surface area contributed by atoms with Gasteiger partial charge in [0.1, 0.15) is 5.82 Å². The molecule has 1 aromatic carbocycles. The molecule has 0 aliphatic rings. The number of carbonyl (C=O) groups excluding carboxylic acids is 1. The summed E-state index contributed by atoms with van der Waals surface area (Å²) in [4.78, 5) is 26.0. The van der Waals surface area contributed by atoms with Gasteiger partial charge in [0, 0.05) is 17.4 Å². The summed E-state index contributed by atoms with van der Waals surface area (Å²) >= 11 is 1.23. The standard InChI is InChI=1S/C13H11FN2O3S/c14-9-3-1-8(2-4-9)10-7-20-13(15-10)16-11(17)5-6-12(18)19/h1-4,7H,5-6H2,(H,18,19)(H,15,16,17). The molecule has 7 heteroatoms. The Bertz CT molecular complexity index is 625. The van der Waals surface area contributed by atoms with Crippen molar-refractivity contribution in [1.29, 1.82) is 0 Å². The van der Waals surface area contributed by atoms with Gasteiger partial charge in [0.25, 0.3) is 0 Å². The molecule has 0 unspecified atom stereocenters. The molecular formula is C13H11FN2O3S. The molecule has 1 amide bonds. The van der Waals surface area contributed by atoms with Crippen LogP contribution in [-0.2, 0) is 9.59 Å². The summed E-state index contributed by atoms with van der Waals surface area (Å²) in [5, 5.41) is 13.1. The molecule has 0 aliphatic heterocycles. The zero-order valence-corrected chi connectivity index (χ0v) is 11.1. The maximum Gasteiger partial charge on any atom is 0.303 e. The Balaban J connectivity index is 2.00. The van der Waals surface area contributed by atoms with Gasteiger partial charge in [0.05, 0.1) is 12.1 Å². The minimum absolute atomic E-state index is 0.0964. The number of anilines is 1. The number of carboxylic acids is 1. The lowest BCUT2D eigenvalue weighted by Gasteiger charge is -1.99. The number of nitrogens with zero attached hydrogens (tertiary/aromatic N) is 1. The van der Waals surface area contributed by atoms with Gasteiger partial charge >= 0.3 is 5.97 Å². The molecule has 0 saturated carbocycles. The van der Waals surface area contributed by atoms with Crippen LogP contribution in [0.1, 0.15) is 12.8 Å². The number of amides is 1. The number of carboxylic acid groups (broad SMARTS) is 1. The highest BCUT2D eigenvalue weighted by atomic mass is 32.1. The first kappa shape index (κ1) is 14.1. The van der Waals surface area contributed by atoms with E-state index in [9.17, 15) is 14.0 Å². The molecule has 0 fully saturated rings. The monoisotopic (exact) mass is 294 g/mol. The molecule has 1 aromatic heterocycles. The first-order valence-electron chi connectivity index (χ1n) is 5.78. The SMILES string of the molecule is O=C(O)CCC(=O)Nc1nc(-c2ccc(F)cc2)cs1. The van der Waals surface area contributed by atoms with Gasteiger partial charge in [-0.3, -0.25) is 9.59 Å². The van der Waals surface area contributed by atoms with Crippen LogP contribution >= 0.6 is 11.3 Å². The number of halogens is 1. The molecule has 0 aliphatic carbocycles. The molecule has 0 atom stereocenters. The Morgan fingerprint density at radius 2 is 1.95 bits per heavy atom. The largest absolute Gasteiger partial charge is 0.481 e. The summed E-state index contributed by atoms with van der Waals surface area (Å²) in [5.74, 6) is -1.75. The number of aliphatic carboxylic acids is 1. The molecule has 5 nitrogen and oxygen atoms in total. The zero-order valence-electron chi connectivity index (χ0n) is 10.3. The number of hydrogen-bond acceptors (Lipinski definition) is 4. The number of carbonyl (C=O) groups is 2. The second-order valence-corrected chi connectivity index (χ2v) is 4.84. The number of nitrogens with one attached hydrogen (secondary N) is 1. The van der Waals surface area contributed by atoms with E-state index in [1.807, 2.05) is 0 Å². The van der Waals surface area contributed by atoms with Crippen LogP contribution in [0.2, 0.25) is 0 Å². The van der Waals surface area contributed by atoms with E-state index in [1.54, 1.807) is 17.5 Å². The van der Waals surface area contributed by atoms with Crippen molar-refractivity contribution in [2.45, 2.75) is 12.8 Å². The van der Waals surface area contributed by atoms with Crippen LogP contribution < -0.4 is 5.32 Å². The molecule has 2 rings (SSSR count). The van der Waals surface area contributed by atoms with E-state index in [4.69, 9.17) is 5.11 Å². The molecule has 104 valence electrons. The topological polar surface area (TPSA) is 79.3 Å². The van der Waals surface area contributed by atoms with Crippen molar-refractivity contribution in [3.05, 3.63) is 35.5 Å². The van der Waals surface area contributed by atoms with Crippen molar-refractivity contribution >= 4 is 28.3 Å². The van der Waals surface area contributed by atoms with Crippen molar-refractivity contribution in [2.75, 3.05) is 5.32 Å². The first-order chi connectivity index (χ1) is 9.54. The van der Waals surface area contributed by atoms with Crippen LogP contribution in [-0.4, -0.2) is 22.0 Å². The summed E-state index contributed by atoms with van der Waals surface area (Å²) in [7, 11) is 0. The molecule has 2 aromatic rings. The van der Waals surface area contributed by atoms with Gasteiger partial charge < -0.3 is 10.4 Å². The van der Waals surface area contributed by atoms with Crippen molar-refractivity contribution in [3.63, 3.8) is 0 Å². The van der Waals surface area contributed by atoms with E-state index in [-0.39, 0.29) is 18.7 Å². The summed E-state index contributed by atoms with van der Waals surface area (Å²) in [6.07, 6.45) is -0.317. The predicted molar refractivity (Wildman–Crippen MR) is 73.0 cm³/mol. The van der Waals surface area contributed by atoms with Gasteiger partial charge in [-0.15, -0.1) is 11.3 Å². The smallest absolute Gasteiger partial charge is 0.303 e. The minimum Gasteiger partial charge on any atom is -0.481 e. The van der Waals surface area contributed by atoms with Gasteiger partial charge in [-0.2, -0.15) is 0 Å². The van der Waals surface area contributed by atoms with E-state index < -0.39 is 11.9 Å². The summed E-state index contributed by atoms with van der Waals surface area (Å²) in [6.45, 7) is 0. The molecule has 2 N–H and O–H groups in total. The maximum atomic E-state index is 12.8. The van der Waals surface area contributed by atoms with Crippen molar-refractivity contribution in [1.82, 2.24) is 4.98 Å². The molecule has 0 bridgehead atoms. The molecule has 0 spiro atoms. The molecule has 0 radical (unpaired) electrons. The fraction of sp³-hybridized carbons (Fsp3) is 0.154. The average molecular weight is 294 g/mol. The number of aromatic nitrogens is 1. The van der Waals surface area contributed by atoms with Crippen molar-refractivity contribution in [3.8, 4) is 11.3 Å². The predicted octanol–water partition coefficient (Wildman–Crippen LogP) is 2.75. The lowest BCUT2D eigenvalue weighted by atomic mass is 10.2. The zero-order chi connectivity index (χ0) is 14.5. The Hall–Kier alpha value is -2.28. The van der Waals surface area contributed by atoms with Crippen molar-refractivity contribution in [2.24, 2.45) is 0 Å². The molecule has 20 heavy (non-hydrogen) atoms. The van der Waals surface area contributed by atoms with Gasteiger partial charge in [0.2, 0.25) is 5.91 Å². The second kappa shape index (κ2) is 6.25. The number of rotatable bonds is 5. The third-order valence-corrected chi connectivity index (χ3v) is 3.21. The van der Waals surface area contributed by atoms with Crippen LogP contribution in [0, 0.1) is 5.82 Å². The first-order valence-corrected chi connectivity index (χ1v) is 6.65. The van der Waals surface area contributed by atoms with Crippen LogP contribution in [0.3, 0.4) is 0 Å². The maximum absolute atomic E-state index is 12.8. The number of thiazole rings is 1. The molecular weight excluding hydrogens is 283 g/mol. The van der Waals surface area contributed by atoms with Gasteiger partial charge in [-0.25, -0.2) is 9.37 Å². The third kappa shape index (κ3) is 3.86. The van der Waals surface area contributed by atoms with Gasteiger partial charge in [-0.05, 0) is 24.3 Å².